The summed E-state index contributed by atoms with van der Waals surface area (Å²) < 4.78 is 10.5. The second-order valence-corrected chi connectivity index (χ2v) is 8.30. The second-order valence-electron chi connectivity index (χ2n) is 8.30. The molecule has 2 saturated heterocycles. The van der Waals surface area contributed by atoms with Gasteiger partial charge in [0.25, 0.3) is 5.91 Å². The third-order valence-electron chi connectivity index (χ3n) is 6.04. The maximum atomic E-state index is 12.8. The number of anilines is 1. The SMILES string of the molecule is COc1ccc(/C=C2\NC(=O)N(CC(O)CN3CCN(c4ccccc4)CC3)C2=O)cc1OC.Cl. The molecule has 0 aliphatic carbocycles. The van der Waals surface area contributed by atoms with Gasteiger partial charge >= 0.3 is 6.03 Å². The van der Waals surface area contributed by atoms with Gasteiger partial charge < -0.3 is 24.8 Å². The smallest absolute Gasteiger partial charge is 0.329 e. The largest absolute Gasteiger partial charge is 0.493 e. The molecule has 4 rings (SSSR count). The normalized spacial score (nSPS) is 18.3. The molecular weight excluding hydrogens is 472 g/mol. The summed E-state index contributed by atoms with van der Waals surface area (Å²) in [6.07, 6.45) is 0.746. The van der Waals surface area contributed by atoms with E-state index in [1.807, 2.05) is 18.2 Å². The lowest BCUT2D eigenvalue weighted by atomic mass is 10.1. The van der Waals surface area contributed by atoms with Crippen molar-refractivity contribution in [3.8, 4) is 11.5 Å². The number of β-amino-alcohol motifs (C(OH)–C–C–N with tert-alkyl or cyclic N) is 1. The molecule has 0 aromatic heterocycles. The van der Waals surface area contributed by atoms with Gasteiger partial charge in [-0.2, -0.15) is 0 Å². The summed E-state index contributed by atoms with van der Waals surface area (Å²) in [5.41, 5.74) is 2.02. The van der Waals surface area contributed by atoms with Crippen molar-refractivity contribution in [2.24, 2.45) is 0 Å². The lowest BCUT2D eigenvalue weighted by molar-refractivity contribution is -0.124. The van der Waals surface area contributed by atoms with Crippen LogP contribution in [0, 0.1) is 0 Å². The molecule has 0 radical (unpaired) electrons. The van der Waals surface area contributed by atoms with E-state index in [4.69, 9.17) is 9.47 Å². The molecule has 1 unspecified atom stereocenters. The van der Waals surface area contributed by atoms with Crippen molar-refractivity contribution in [3.05, 3.63) is 59.8 Å². The van der Waals surface area contributed by atoms with Gasteiger partial charge in [-0.3, -0.25) is 14.6 Å². The van der Waals surface area contributed by atoms with Crippen molar-refractivity contribution in [1.82, 2.24) is 15.1 Å². The van der Waals surface area contributed by atoms with E-state index in [0.29, 0.717) is 23.6 Å². The molecule has 35 heavy (non-hydrogen) atoms. The lowest BCUT2D eigenvalue weighted by Gasteiger charge is -2.37. The zero-order valence-electron chi connectivity index (χ0n) is 19.8. The van der Waals surface area contributed by atoms with E-state index in [-0.39, 0.29) is 24.6 Å². The van der Waals surface area contributed by atoms with Gasteiger partial charge in [-0.1, -0.05) is 24.3 Å². The van der Waals surface area contributed by atoms with Gasteiger partial charge in [0.2, 0.25) is 0 Å². The third-order valence-corrected chi connectivity index (χ3v) is 6.04. The number of nitrogens with zero attached hydrogens (tertiary/aromatic N) is 3. The molecule has 2 aliphatic rings. The van der Waals surface area contributed by atoms with Gasteiger partial charge in [-0.25, -0.2) is 4.79 Å². The minimum atomic E-state index is -0.835. The number of carbonyl (C=O) groups is 2. The fourth-order valence-electron chi connectivity index (χ4n) is 4.24. The topological polar surface area (TPSA) is 94.6 Å². The molecule has 2 heterocycles. The monoisotopic (exact) mass is 502 g/mol. The fourth-order valence-corrected chi connectivity index (χ4v) is 4.24. The number of piperazine rings is 1. The number of urea groups is 1. The van der Waals surface area contributed by atoms with Crippen molar-refractivity contribution < 1.29 is 24.2 Å². The summed E-state index contributed by atoms with van der Waals surface area (Å²) in [6.45, 7) is 3.66. The molecule has 188 valence electrons. The highest BCUT2D eigenvalue weighted by Gasteiger charge is 2.35. The van der Waals surface area contributed by atoms with Crippen molar-refractivity contribution in [2.45, 2.75) is 6.10 Å². The summed E-state index contributed by atoms with van der Waals surface area (Å²) >= 11 is 0. The van der Waals surface area contributed by atoms with Crippen LogP contribution in [0.25, 0.3) is 6.08 Å². The number of ether oxygens (including phenoxy) is 2. The van der Waals surface area contributed by atoms with Crippen LogP contribution in [0.2, 0.25) is 0 Å². The number of aliphatic hydroxyl groups excluding tert-OH is 1. The number of imide groups is 1. The average molecular weight is 503 g/mol. The number of nitrogens with one attached hydrogen (secondary N) is 1. The first kappa shape index (κ1) is 26.3. The molecule has 1 atom stereocenters. The Morgan fingerprint density at radius 3 is 2.31 bits per heavy atom. The Morgan fingerprint density at radius 2 is 1.66 bits per heavy atom. The van der Waals surface area contributed by atoms with Crippen LogP contribution >= 0.6 is 12.4 Å². The van der Waals surface area contributed by atoms with Gasteiger partial charge in [0.1, 0.15) is 5.70 Å². The Labute approximate surface area is 211 Å². The number of halogens is 1. The molecule has 2 fully saturated rings. The van der Waals surface area contributed by atoms with Crippen molar-refractivity contribution >= 4 is 36.1 Å². The Balaban J connectivity index is 0.00000342. The summed E-state index contributed by atoms with van der Waals surface area (Å²) in [5, 5.41) is 13.2. The number of para-hydroxylation sites is 1. The maximum Gasteiger partial charge on any atom is 0.329 e. The minimum absolute atomic E-state index is 0. The van der Waals surface area contributed by atoms with E-state index in [1.165, 1.54) is 12.8 Å². The number of benzene rings is 2. The number of rotatable bonds is 8. The molecule has 0 bridgehead atoms. The molecule has 2 N–H and O–H groups in total. The Bertz CT molecular complexity index is 1060. The van der Waals surface area contributed by atoms with Gasteiger partial charge in [0.15, 0.2) is 11.5 Å². The third kappa shape index (κ3) is 6.25. The van der Waals surface area contributed by atoms with Crippen LogP contribution in [0.3, 0.4) is 0 Å². The molecule has 2 aromatic carbocycles. The van der Waals surface area contributed by atoms with Crippen LogP contribution in [0.15, 0.2) is 54.2 Å². The van der Waals surface area contributed by atoms with E-state index in [0.717, 1.165) is 31.1 Å². The van der Waals surface area contributed by atoms with Gasteiger partial charge in [-0.05, 0) is 35.9 Å². The van der Waals surface area contributed by atoms with Gasteiger partial charge in [0, 0.05) is 38.4 Å². The standard InChI is InChI=1S/C25H30N4O5.ClH/c1-33-22-9-8-18(15-23(22)34-2)14-21-24(31)29(25(32)26-21)17-20(30)16-27-10-12-28(13-11-27)19-6-4-3-5-7-19;/h3-9,14-15,20,30H,10-13,16-17H2,1-2H3,(H,26,32);1H/b21-14-;. The molecule has 2 aliphatic heterocycles. The zero-order chi connectivity index (χ0) is 24.1. The summed E-state index contributed by atoms with van der Waals surface area (Å²) in [5.74, 6) is 0.627. The molecule has 2 aromatic rings. The molecular formula is C25H31ClN4O5. The van der Waals surface area contributed by atoms with Crippen molar-refractivity contribution in [2.75, 3.05) is 58.4 Å². The first-order valence-electron chi connectivity index (χ1n) is 11.3. The van der Waals surface area contributed by atoms with Crippen LogP contribution in [-0.4, -0.2) is 86.4 Å². The van der Waals surface area contributed by atoms with E-state index in [1.54, 1.807) is 31.4 Å². The Hall–Kier alpha value is -3.27. The summed E-state index contributed by atoms with van der Waals surface area (Å²) in [7, 11) is 3.07. The highest BCUT2D eigenvalue weighted by atomic mass is 35.5. The number of aliphatic hydroxyl groups is 1. The number of hydrogen-bond acceptors (Lipinski definition) is 7. The lowest BCUT2D eigenvalue weighted by Crippen LogP contribution is -2.50. The van der Waals surface area contributed by atoms with Crippen LogP contribution in [-0.2, 0) is 4.79 Å². The van der Waals surface area contributed by atoms with Gasteiger partial charge in [-0.15, -0.1) is 12.4 Å². The number of carbonyl (C=O) groups excluding carboxylic acids is 2. The number of amides is 3. The predicted octanol–water partition coefficient (Wildman–Crippen LogP) is 2.20. The average Bonchev–Trinajstić information content (AvgIpc) is 3.12. The minimum Gasteiger partial charge on any atom is -0.493 e. The van der Waals surface area contributed by atoms with E-state index >= 15 is 0 Å². The first-order chi connectivity index (χ1) is 16.5. The second kappa shape index (κ2) is 11.9. The van der Waals surface area contributed by atoms with E-state index < -0.39 is 18.0 Å². The highest BCUT2D eigenvalue weighted by Crippen LogP contribution is 2.28. The molecule has 3 amide bonds. The first-order valence-corrected chi connectivity index (χ1v) is 11.3. The Morgan fingerprint density at radius 1 is 0.971 bits per heavy atom. The molecule has 0 saturated carbocycles. The summed E-state index contributed by atoms with van der Waals surface area (Å²) in [4.78, 5) is 30.7. The van der Waals surface area contributed by atoms with Crippen LogP contribution in [0.1, 0.15) is 5.56 Å². The molecule has 10 heteroatoms. The molecule has 0 spiro atoms. The predicted molar refractivity (Wildman–Crippen MR) is 136 cm³/mol. The van der Waals surface area contributed by atoms with Crippen LogP contribution in [0.5, 0.6) is 11.5 Å². The Kier molecular flexibility index (Phi) is 8.97. The summed E-state index contributed by atoms with van der Waals surface area (Å²) in [6, 6.07) is 14.9. The van der Waals surface area contributed by atoms with E-state index in [9.17, 15) is 14.7 Å². The van der Waals surface area contributed by atoms with E-state index in [2.05, 4.69) is 27.2 Å². The number of methoxy groups -OCH3 is 2. The van der Waals surface area contributed by atoms with Gasteiger partial charge in [0.05, 0.1) is 26.9 Å². The highest BCUT2D eigenvalue weighted by molar-refractivity contribution is 6.14. The quantitative estimate of drug-likeness (QED) is 0.422. The molecule has 9 nitrogen and oxygen atoms in total. The maximum absolute atomic E-state index is 12.8. The van der Waals surface area contributed by atoms with Crippen LogP contribution in [0.4, 0.5) is 10.5 Å². The van der Waals surface area contributed by atoms with Crippen molar-refractivity contribution in [3.63, 3.8) is 0 Å². The fraction of sp³-hybridized carbons (Fsp3) is 0.360. The zero-order valence-corrected chi connectivity index (χ0v) is 20.7. The van der Waals surface area contributed by atoms with Crippen molar-refractivity contribution in [1.29, 1.82) is 0 Å². The number of hydrogen-bond donors (Lipinski definition) is 2. The van der Waals surface area contributed by atoms with Crippen LogP contribution < -0.4 is 19.7 Å².